The van der Waals surface area contributed by atoms with Gasteiger partial charge in [0.2, 0.25) is 0 Å². The smallest absolute Gasteiger partial charge is 0.350 e. The molecule has 2 saturated heterocycles. The Morgan fingerprint density at radius 3 is 2.41 bits per heavy atom. The van der Waals surface area contributed by atoms with E-state index in [0.29, 0.717) is 50.4 Å². The van der Waals surface area contributed by atoms with Crippen molar-refractivity contribution in [3.63, 3.8) is 0 Å². The van der Waals surface area contributed by atoms with Crippen molar-refractivity contribution < 1.29 is 27.4 Å². The van der Waals surface area contributed by atoms with Gasteiger partial charge in [-0.3, -0.25) is 4.79 Å². The summed E-state index contributed by atoms with van der Waals surface area (Å²) < 4.78 is 53.5. The van der Waals surface area contributed by atoms with Crippen LogP contribution in [-0.4, -0.2) is 53.2 Å². The number of nitrogens with zero attached hydrogens (tertiary/aromatic N) is 3. The molecule has 2 aromatic rings. The minimum absolute atomic E-state index is 0.151. The van der Waals surface area contributed by atoms with Gasteiger partial charge in [0.05, 0.1) is 30.7 Å². The number of rotatable bonds is 3. The molecule has 0 atom stereocenters. The molecule has 2 aliphatic rings. The molecule has 2 aliphatic heterocycles. The normalized spacial score (nSPS) is 19.1. The quantitative estimate of drug-likeness (QED) is 0.780. The first-order chi connectivity index (χ1) is 13.9. The Balaban J connectivity index is 1.58. The van der Waals surface area contributed by atoms with Crippen molar-refractivity contribution >= 4 is 5.91 Å². The number of alkyl halides is 3. The summed E-state index contributed by atoms with van der Waals surface area (Å²) in [5.74, 6) is -0.498. The van der Waals surface area contributed by atoms with Crippen LogP contribution in [-0.2, 0) is 15.7 Å². The third-order valence-corrected chi connectivity index (χ3v) is 5.47. The first-order valence-electron chi connectivity index (χ1n) is 9.60. The summed E-state index contributed by atoms with van der Waals surface area (Å²) in [4.78, 5) is 14.4. The average Bonchev–Trinajstić information content (AvgIpc) is 3.38. The fraction of sp³-hybridized carbons (Fsp3) is 0.500. The van der Waals surface area contributed by atoms with Crippen LogP contribution >= 0.6 is 0 Å². The maximum Gasteiger partial charge on any atom is 0.434 e. The van der Waals surface area contributed by atoms with Gasteiger partial charge in [0.1, 0.15) is 0 Å². The second-order valence-electron chi connectivity index (χ2n) is 7.34. The highest BCUT2D eigenvalue weighted by Crippen LogP contribution is 2.35. The Kier molecular flexibility index (Phi) is 5.35. The predicted molar refractivity (Wildman–Crippen MR) is 97.6 cm³/mol. The van der Waals surface area contributed by atoms with Crippen molar-refractivity contribution in [2.24, 2.45) is 5.92 Å². The van der Waals surface area contributed by atoms with Gasteiger partial charge < -0.3 is 14.4 Å². The van der Waals surface area contributed by atoms with E-state index < -0.39 is 23.3 Å². The van der Waals surface area contributed by atoms with Crippen LogP contribution in [0, 0.1) is 12.8 Å². The summed E-state index contributed by atoms with van der Waals surface area (Å²) in [5.41, 5.74) is -0.528. The molecular weight excluding hydrogens is 387 g/mol. The van der Waals surface area contributed by atoms with Crippen LogP contribution in [0.25, 0.3) is 5.69 Å². The molecule has 0 bridgehead atoms. The fourth-order valence-electron chi connectivity index (χ4n) is 3.96. The third kappa shape index (κ3) is 3.89. The number of ether oxygens (including phenoxy) is 2. The lowest BCUT2D eigenvalue weighted by atomic mass is 9.95. The number of piperidine rings is 1. The van der Waals surface area contributed by atoms with E-state index in [1.54, 1.807) is 31.2 Å². The van der Waals surface area contributed by atoms with Crippen molar-refractivity contribution in [2.75, 3.05) is 26.3 Å². The highest BCUT2D eigenvalue weighted by atomic mass is 19.4. The molecular formula is C20H22F3N3O3. The number of hydrogen-bond donors (Lipinski definition) is 0. The molecule has 0 saturated carbocycles. The molecule has 0 radical (unpaired) electrons. The second-order valence-corrected chi connectivity index (χ2v) is 7.34. The van der Waals surface area contributed by atoms with Gasteiger partial charge in [-0.2, -0.15) is 18.3 Å². The van der Waals surface area contributed by atoms with Crippen LogP contribution in [0.4, 0.5) is 13.2 Å². The maximum atomic E-state index is 13.9. The summed E-state index contributed by atoms with van der Waals surface area (Å²) in [6, 6.07) is 6.64. The summed E-state index contributed by atoms with van der Waals surface area (Å²) in [5, 5.41) is 3.92. The van der Waals surface area contributed by atoms with Crippen LogP contribution in [0.15, 0.2) is 30.5 Å². The van der Waals surface area contributed by atoms with Gasteiger partial charge in [-0.05, 0) is 31.4 Å². The lowest BCUT2D eigenvalue weighted by Gasteiger charge is -2.33. The van der Waals surface area contributed by atoms with Gasteiger partial charge in [0, 0.05) is 19.0 Å². The van der Waals surface area contributed by atoms with Crippen LogP contribution in [0.5, 0.6) is 0 Å². The zero-order valence-electron chi connectivity index (χ0n) is 16.0. The van der Waals surface area contributed by atoms with E-state index in [2.05, 4.69) is 5.10 Å². The highest BCUT2D eigenvalue weighted by Gasteiger charge is 2.42. The molecule has 0 unspecified atom stereocenters. The Hall–Kier alpha value is -2.39. The van der Waals surface area contributed by atoms with E-state index in [1.807, 2.05) is 0 Å². The Morgan fingerprint density at radius 2 is 1.79 bits per heavy atom. The van der Waals surface area contributed by atoms with Crippen LogP contribution < -0.4 is 0 Å². The lowest BCUT2D eigenvalue weighted by Crippen LogP contribution is -2.42. The third-order valence-electron chi connectivity index (χ3n) is 5.47. The van der Waals surface area contributed by atoms with Crippen molar-refractivity contribution in [2.45, 2.75) is 32.2 Å². The topological polar surface area (TPSA) is 56.6 Å². The van der Waals surface area contributed by atoms with E-state index in [1.165, 1.54) is 4.90 Å². The number of likely N-dealkylation sites (tertiary alicyclic amines) is 1. The van der Waals surface area contributed by atoms with Crippen molar-refractivity contribution in [3.05, 3.63) is 47.3 Å². The number of amides is 1. The standard InChI is InChI=1S/C20H22F3N3O3/c1-13-4-2-3-5-16(13)26-17(20(21,22)23)15(12-24-26)18(27)25-8-6-14(7-9-25)19-28-10-11-29-19/h2-5,12,14,19H,6-11H2,1H3. The molecule has 2 fully saturated rings. The van der Waals surface area contributed by atoms with Crippen molar-refractivity contribution in [3.8, 4) is 5.69 Å². The molecule has 156 valence electrons. The monoisotopic (exact) mass is 409 g/mol. The molecule has 3 heterocycles. The first kappa shape index (κ1) is 19.9. The molecule has 29 heavy (non-hydrogen) atoms. The fourth-order valence-corrected chi connectivity index (χ4v) is 3.96. The van der Waals surface area contributed by atoms with Gasteiger partial charge in [-0.25, -0.2) is 4.68 Å². The molecule has 0 spiro atoms. The van der Waals surface area contributed by atoms with E-state index >= 15 is 0 Å². The Bertz CT molecular complexity index is 883. The number of carbonyl (C=O) groups excluding carboxylic acids is 1. The highest BCUT2D eigenvalue weighted by molar-refractivity contribution is 5.95. The van der Waals surface area contributed by atoms with Crippen molar-refractivity contribution in [1.82, 2.24) is 14.7 Å². The summed E-state index contributed by atoms with van der Waals surface area (Å²) in [7, 11) is 0. The predicted octanol–water partition coefficient (Wildman–Crippen LogP) is 3.42. The first-order valence-corrected chi connectivity index (χ1v) is 9.60. The molecule has 1 aromatic heterocycles. The molecule has 6 nitrogen and oxygen atoms in total. The zero-order valence-corrected chi connectivity index (χ0v) is 16.0. The molecule has 0 aliphatic carbocycles. The summed E-state index contributed by atoms with van der Waals surface area (Å²) >= 11 is 0. The summed E-state index contributed by atoms with van der Waals surface area (Å²) in [6.07, 6.45) is -2.71. The van der Waals surface area contributed by atoms with E-state index in [9.17, 15) is 18.0 Å². The molecule has 9 heteroatoms. The van der Waals surface area contributed by atoms with Crippen LogP contribution in [0.2, 0.25) is 0 Å². The van der Waals surface area contributed by atoms with Crippen LogP contribution in [0.3, 0.4) is 0 Å². The molecule has 4 rings (SSSR count). The summed E-state index contributed by atoms with van der Waals surface area (Å²) in [6.45, 7) is 3.53. The molecule has 0 N–H and O–H groups in total. The number of para-hydroxylation sites is 1. The van der Waals surface area contributed by atoms with Gasteiger partial charge in [0.15, 0.2) is 12.0 Å². The van der Waals surface area contributed by atoms with Crippen molar-refractivity contribution in [1.29, 1.82) is 0 Å². The minimum atomic E-state index is -4.71. The largest absolute Gasteiger partial charge is 0.434 e. The van der Waals surface area contributed by atoms with Gasteiger partial charge in [-0.1, -0.05) is 18.2 Å². The molecule has 1 aromatic carbocycles. The average molecular weight is 409 g/mol. The van der Waals surface area contributed by atoms with Crippen LogP contribution in [0.1, 0.15) is 34.5 Å². The van der Waals surface area contributed by atoms with E-state index in [0.717, 1.165) is 10.9 Å². The zero-order chi connectivity index (χ0) is 20.6. The van der Waals surface area contributed by atoms with Gasteiger partial charge in [-0.15, -0.1) is 0 Å². The Morgan fingerprint density at radius 1 is 1.14 bits per heavy atom. The maximum absolute atomic E-state index is 13.9. The molecule has 1 amide bonds. The lowest BCUT2D eigenvalue weighted by molar-refractivity contribution is -0.143. The number of aryl methyl sites for hydroxylation is 1. The van der Waals surface area contributed by atoms with E-state index in [4.69, 9.17) is 9.47 Å². The second kappa shape index (κ2) is 7.79. The number of benzene rings is 1. The number of aromatic nitrogens is 2. The van der Waals surface area contributed by atoms with Gasteiger partial charge in [0.25, 0.3) is 5.91 Å². The number of hydrogen-bond acceptors (Lipinski definition) is 4. The minimum Gasteiger partial charge on any atom is -0.350 e. The van der Waals surface area contributed by atoms with E-state index in [-0.39, 0.29) is 12.2 Å². The van der Waals surface area contributed by atoms with Gasteiger partial charge >= 0.3 is 6.18 Å². The Labute approximate surface area is 166 Å². The number of carbonyl (C=O) groups is 1. The number of halogens is 3. The SMILES string of the molecule is Cc1ccccc1-n1ncc(C(=O)N2CCC(C3OCCO3)CC2)c1C(F)(F)F.